The van der Waals surface area contributed by atoms with Crippen molar-refractivity contribution in [2.45, 2.75) is 43.2 Å². The zero-order valence-corrected chi connectivity index (χ0v) is 20.7. The molecule has 2 heterocycles. The normalized spacial score (nSPS) is 25.4. The van der Waals surface area contributed by atoms with Crippen molar-refractivity contribution in [3.8, 4) is 17.2 Å². The minimum absolute atomic E-state index is 0.261. The van der Waals surface area contributed by atoms with Gasteiger partial charge in [0, 0.05) is 25.0 Å². The van der Waals surface area contributed by atoms with Gasteiger partial charge < -0.3 is 28.8 Å². The van der Waals surface area contributed by atoms with Gasteiger partial charge in [0.05, 0.1) is 32.9 Å². The van der Waals surface area contributed by atoms with E-state index in [9.17, 15) is 14.7 Å². The van der Waals surface area contributed by atoms with Crippen LogP contribution in [0.25, 0.3) is 6.08 Å². The standard InChI is InChI=1S/C27H31NO8/c1-28-19-14-18(15-20(28)25(24(19)30)36-27(31)17-8-6-5-7-9-17)35-23(29)11-10-16-12-21(32-2)26(34-4)22(13-16)33-3/h5-13,18-20,24-25,30H,14-15H2,1-4H3/t18-,19?,20?,24-,25+/m1/s1. The molecule has 0 aliphatic carbocycles. The molecule has 2 saturated heterocycles. The molecule has 2 aromatic carbocycles. The molecule has 2 aliphatic heterocycles. The number of hydrogen-bond donors (Lipinski definition) is 1. The highest BCUT2D eigenvalue weighted by molar-refractivity contribution is 5.89. The summed E-state index contributed by atoms with van der Waals surface area (Å²) in [7, 11) is 6.45. The Kier molecular flexibility index (Phi) is 7.81. The number of hydrogen-bond acceptors (Lipinski definition) is 9. The monoisotopic (exact) mass is 497 g/mol. The molecule has 4 rings (SSSR count). The van der Waals surface area contributed by atoms with Crippen LogP contribution in [0.3, 0.4) is 0 Å². The van der Waals surface area contributed by atoms with Crippen molar-refractivity contribution >= 4 is 18.0 Å². The van der Waals surface area contributed by atoms with Crippen LogP contribution in [0.15, 0.2) is 48.5 Å². The van der Waals surface area contributed by atoms with Gasteiger partial charge in [-0.15, -0.1) is 0 Å². The maximum Gasteiger partial charge on any atom is 0.338 e. The van der Waals surface area contributed by atoms with E-state index < -0.39 is 30.3 Å². The first-order chi connectivity index (χ1) is 17.4. The maximum atomic E-state index is 12.6. The molecule has 2 fully saturated rings. The molecule has 0 saturated carbocycles. The van der Waals surface area contributed by atoms with E-state index in [1.807, 2.05) is 18.0 Å². The lowest BCUT2D eigenvalue weighted by Crippen LogP contribution is -2.46. The Morgan fingerprint density at radius 3 is 2.19 bits per heavy atom. The van der Waals surface area contributed by atoms with Crippen LogP contribution in [0.1, 0.15) is 28.8 Å². The number of piperidine rings is 1. The van der Waals surface area contributed by atoms with Gasteiger partial charge in [-0.05, 0) is 43.0 Å². The van der Waals surface area contributed by atoms with E-state index >= 15 is 0 Å². The first-order valence-electron chi connectivity index (χ1n) is 11.7. The molecule has 2 bridgehead atoms. The van der Waals surface area contributed by atoms with Gasteiger partial charge in [-0.3, -0.25) is 4.90 Å². The predicted molar refractivity (Wildman–Crippen MR) is 131 cm³/mol. The average Bonchev–Trinajstić information content (AvgIpc) is 3.01. The van der Waals surface area contributed by atoms with Gasteiger partial charge in [0.1, 0.15) is 18.3 Å². The van der Waals surface area contributed by atoms with Gasteiger partial charge in [-0.1, -0.05) is 18.2 Å². The Morgan fingerprint density at radius 1 is 0.944 bits per heavy atom. The van der Waals surface area contributed by atoms with Gasteiger partial charge in [0.15, 0.2) is 11.5 Å². The number of aliphatic hydroxyl groups is 1. The molecular formula is C27H31NO8. The molecule has 1 N–H and O–H groups in total. The van der Waals surface area contributed by atoms with Crippen LogP contribution in [-0.2, 0) is 14.3 Å². The maximum absolute atomic E-state index is 12.6. The predicted octanol–water partition coefficient (Wildman–Crippen LogP) is 2.70. The van der Waals surface area contributed by atoms with E-state index in [1.54, 1.807) is 42.5 Å². The fourth-order valence-electron chi connectivity index (χ4n) is 4.98. The lowest BCUT2D eigenvalue weighted by atomic mass is 10.00. The van der Waals surface area contributed by atoms with Crippen LogP contribution in [0.5, 0.6) is 17.2 Å². The largest absolute Gasteiger partial charge is 0.493 e. The highest BCUT2D eigenvalue weighted by Gasteiger charge is 2.53. The first-order valence-corrected chi connectivity index (χ1v) is 11.7. The zero-order chi connectivity index (χ0) is 25.8. The van der Waals surface area contributed by atoms with Crippen LogP contribution in [0.2, 0.25) is 0 Å². The van der Waals surface area contributed by atoms with Crippen molar-refractivity contribution in [1.29, 1.82) is 0 Å². The van der Waals surface area contributed by atoms with Crippen LogP contribution in [0.4, 0.5) is 0 Å². The molecule has 9 heteroatoms. The number of esters is 2. The number of carbonyl (C=O) groups is 2. The topological polar surface area (TPSA) is 104 Å². The molecule has 36 heavy (non-hydrogen) atoms. The molecule has 0 aromatic heterocycles. The van der Waals surface area contributed by atoms with Crippen molar-refractivity contribution in [2.75, 3.05) is 28.4 Å². The average molecular weight is 498 g/mol. The minimum Gasteiger partial charge on any atom is -0.493 e. The summed E-state index contributed by atoms with van der Waals surface area (Å²) in [4.78, 5) is 27.2. The highest BCUT2D eigenvalue weighted by Crippen LogP contribution is 2.39. The number of carbonyl (C=O) groups excluding carboxylic acids is 2. The number of fused-ring (bicyclic) bond motifs is 2. The van der Waals surface area contributed by atoms with E-state index in [0.29, 0.717) is 41.2 Å². The SMILES string of the molecule is COc1cc(C=CC(=O)O[C@@H]2CC3[C@@H](O)[C@@H](OC(=O)c4ccccc4)C(C2)N3C)cc(OC)c1OC. The number of methoxy groups -OCH3 is 3. The second-order valence-corrected chi connectivity index (χ2v) is 8.85. The lowest BCUT2D eigenvalue weighted by molar-refractivity contribution is -0.146. The molecule has 2 unspecified atom stereocenters. The fraction of sp³-hybridized carbons (Fsp3) is 0.407. The number of aliphatic hydroxyl groups excluding tert-OH is 1. The summed E-state index contributed by atoms with van der Waals surface area (Å²) in [5.74, 6) is 0.415. The van der Waals surface area contributed by atoms with Crippen LogP contribution in [0, 0.1) is 0 Å². The minimum atomic E-state index is -0.869. The van der Waals surface area contributed by atoms with Crippen LogP contribution in [-0.4, -0.2) is 80.7 Å². The van der Waals surface area contributed by atoms with E-state index in [1.165, 1.54) is 27.4 Å². The van der Waals surface area contributed by atoms with E-state index in [4.69, 9.17) is 23.7 Å². The summed E-state index contributed by atoms with van der Waals surface area (Å²) in [5, 5.41) is 10.9. The first kappa shape index (κ1) is 25.5. The van der Waals surface area contributed by atoms with Gasteiger partial charge in [-0.2, -0.15) is 0 Å². The Balaban J connectivity index is 1.41. The van der Waals surface area contributed by atoms with E-state index in [-0.39, 0.29) is 12.1 Å². The van der Waals surface area contributed by atoms with E-state index in [0.717, 1.165) is 0 Å². The van der Waals surface area contributed by atoms with Crippen molar-refractivity contribution < 1.29 is 38.4 Å². The number of nitrogens with zero attached hydrogens (tertiary/aromatic N) is 1. The molecule has 192 valence electrons. The molecule has 5 atom stereocenters. The van der Waals surface area contributed by atoms with E-state index in [2.05, 4.69) is 0 Å². The number of likely N-dealkylation sites (N-methyl/N-ethyl adjacent to an activating group) is 1. The number of ether oxygens (including phenoxy) is 5. The summed E-state index contributed by atoms with van der Waals surface area (Å²) in [6.07, 6.45) is 1.85. The lowest BCUT2D eigenvalue weighted by Gasteiger charge is -2.35. The molecule has 9 nitrogen and oxygen atoms in total. The summed E-state index contributed by atoms with van der Waals surface area (Å²) < 4.78 is 27.4. The Hall–Kier alpha value is -3.56. The fourth-order valence-corrected chi connectivity index (χ4v) is 4.98. The van der Waals surface area contributed by atoms with Crippen molar-refractivity contribution in [3.63, 3.8) is 0 Å². The number of benzene rings is 2. The molecule has 0 radical (unpaired) electrons. The Bertz CT molecular complexity index is 1090. The molecule has 2 aliphatic rings. The highest BCUT2D eigenvalue weighted by atomic mass is 16.6. The smallest absolute Gasteiger partial charge is 0.338 e. The molecule has 0 amide bonds. The van der Waals surface area contributed by atoms with Gasteiger partial charge >= 0.3 is 11.9 Å². The summed E-state index contributed by atoms with van der Waals surface area (Å²) in [6, 6.07) is 11.6. The van der Waals surface area contributed by atoms with Crippen molar-refractivity contribution in [2.24, 2.45) is 0 Å². The third-order valence-electron chi connectivity index (χ3n) is 6.80. The van der Waals surface area contributed by atoms with Gasteiger partial charge in [0.2, 0.25) is 5.75 Å². The summed E-state index contributed by atoms with van der Waals surface area (Å²) >= 11 is 0. The van der Waals surface area contributed by atoms with Crippen molar-refractivity contribution in [1.82, 2.24) is 4.90 Å². The number of rotatable bonds is 8. The van der Waals surface area contributed by atoms with Gasteiger partial charge in [0.25, 0.3) is 0 Å². The van der Waals surface area contributed by atoms with Crippen molar-refractivity contribution in [3.05, 3.63) is 59.7 Å². The Morgan fingerprint density at radius 2 is 1.58 bits per heavy atom. The van der Waals surface area contributed by atoms with Gasteiger partial charge in [-0.25, -0.2) is 9.59 Å². The molecule has 2 aromatic rings. The Labute approximate surface area is 210 Å². The summed E-state index contributed by atoms with van der Waals surface area (Å²) in [5.41, 5.74) is 1.10. The molecular weight excluding hydrogens is 466 g/mol. The third kappa shape index (κ3) is 5.17. The zero-order valence-electron chi connectivity index (χ0n) is 20.7. The summed E-state index contributed by atoms with van der Waals surface area (Å²) in [6.45, 7) is 0. The van der Waals surface area contributed by atoms with Crippen LogP contribution >= 0.6 is 0 Å². The quantitative estimate of drug-likeness (QED) is 0.435. The van der Waals surface area contributed by atoms with Crippen LogP contribution < -0.4 is 14.2 Å². The molecule has 0 spiro atoms. The second-order valence-electron chi connectivity index (χ2n) is 8.85. The second kappa shape index (κ2) is 11.0. The third-order valence-corrected chi connectivity index (χ3v) is 6.80.